The summed E-state index contributed by atoms with van der Waals surface area (Å²) in [5.41, 5.74) is 0. The lowest BCUT2D eigenvalue weighted by Gasteiger charge is -2.43. The van der Waals surface area contributed by atoms with Gasteiger partial charge >= 0.3 is 0 Å². The molecule has 0 aliphatic carbocycles. The molecule has 0 amide bonds. The summed E-state index contributed by atoms with van der Waals surface area (Å²) in [6.45, 7) is 8.87. The number of hydrogen-bond acceptors (Lipinski definition) is 4. The number of piperazine rings is 1. The largest absolute Gasteiger partial charge is 0.465 e. The van der Waals surface area contributed by atoms with Crippen molar-refractivity contribution >= 4 is 6.08 Å². The van der Waals surface area contributed by atoms with E-state index in [1.54, 1.807) is 6.26 Å². The van der Waals surface area contributed by atoms with E-state index in [1.165, 1.54) is 0 Å². The molecule has 0 saturated carbocycles. The predicted molar refractivity (Wildman–Crippen MR) is 81.5 cm³/mol. The molecule has 1 saturated heterocycles. The van der Waals surface area contributed by atoms with Gasteiger partial charge in [0.2, 0.25) is 0 Å². The van der Waals surface area contributed by atoms with Crippen LogP contribution in [0.25, 0.3) is 6.08 Å². The van der Waals surface area contributed by atoms with Crippen LogP contribution in [0, 0.1) is 0 Å². The Hall–Kier alpha value is -1.10. The molecule has 0 bridgehead atoms. The third kappa shape index (κ3) is 4.20. The number of hydrogen-bond donors (Lipinski definition) is 1. The van der Waals surface area contributed by atoms with E-state index in [0.29, 0.717) is 12.1 Å². The van der Waals surface area contributed by atoms with Crippen LogP contribution in [0.15, 0.2) is 28.9 Å². The zero-order chi connectivity index (χ0) is 14.4. The Kier molecular flexibility index (Phi) is 5.83. The van der Waals surface area contributed by atoms with Crippen molar-refractivity contribution in [3.05, 3.63) is 30.2 Å². The lowest BCUT2D eigenvalue weighted by atomic mass is 10.1. The Morgan fingerprint density at radius 2 is 2.30 bits per heavy atom. The smallest absolute Gasteiger partial charge is 0.126 e. The maximum Gasteiger partial charge on any atom is 0.126 e. The van der Waals surface area contributed by atoms with Gasteiger partial charge in [-0.25, -0.2) is 0 Å². The van der Waals surface area contributed by atoms with Crippen molar-refractivity contribution in [2.24, 2.45) is 0 Å². The van der Waals surface area contributed by atoms with E-state index in [0.717, 1.165) is 38.4 Å². The van der Waals surface area contributed by atoms with Crippen LogP contribution in [0.3, 0.4) is 0 Å². The van der Waals surface area contributed by atoms with E-state index < -0.39 is 0 Å². The first-order valence-corrected chi connectivity index (χ1v) is 7.49. The molecule has 1 aromatic rings. The molecule has 1 aliphatic rings. The van der Waals surface area contributed by atoms with Crippen LogP contribution in [0.4, 0.5) is 0 Å². The Morgan fingerprint density at radius 1 is 1.45 bits per heavy atom. The standard InChI is InChI=1S/C16H26N2O2/c1-14(2)18-10-9-17(13-15(18)7-11-19)8-3-5-16-6-4-12-20-16/h3-6,12,14-15,19H,7-11,13H2,1-2H3/b5-3+. The fraction of sp³-hybridized carbons (Fsp3) is 0.625. The van der Waals surface area contributed by atoms with E-state index in [1.807, 2.05) is 18.2 Å². The second kappa shape index (κ2) is 7.62. The van der Waals surface area contributed by atoms with Gasteiger partial charge in [0.1, 0.15) is 5.76 Å². The zero-order valence-electron chi connectivity index (χ0n) is 12.5. The highest BCUT2D eigenvalue weighted by molar-refractivity contribution is 5.42. The normalized spacial score (nSPS) is 22.1. The summed E-state index contributed by atoms with van der Waals surface area (Å²) < 4.78 is 5.28. The van der Waals surface area contributed by atoms with Crippen LogP contribution in [-0.2, 0) is 0 Å². The Balaban J connectivity index is 1.85. The van der Waals surface area contributed by atoms with Crippen molar-refractivity contribution in [2.75, 3.05) is 32.8 Å². The second-order valence-corrected chi connectivity index (χ2v) is 5.68. The fourth-order valence-electron chi connectivity index (χ4n) is 2.89. The summed E-state index contributed by atoms with van der Waals surface area (Å²) in [7, 11) is 0. The van der Waals surface area contributed by atoms with Crippen molar-refractivity contribution in [2.45, 2.75) is 32.4 Å². The van der Waals surface area contributed by atoms with Gasteiger partial charge < -0.3 is 9.52 Å². The highest BCUT2D eigenvalue weighted by Gasteiger charge is 2.27. The van der Waals surface area contributed by atoms with E-state index in [-0.39, 0.29) is 6.61 Å². The minimum Gasteiger partial charge on any atom is -0.465 e. The Bertz CT molecular complexity index is 401. The third-order valence-corrected chi connectivity index (χ3v) is 3.93. The number of nitrogens with zero attached hydrogens (tertiary/aromatic N) is 2. The number of aliphatic hydroxyl groups is 1. The van der Waals surface area contributed by atoms with Crippen LogP contribution < -0.4 is 0 Å². The maximum atomic E-state index is 9.23. The molecule has 1 aromatic heterocycles. The number of rotatable bonds is 6. The third-order valence-electron chi connectivity index (χ3n) is 3.93. The van der Waals surface area contributed by atoms with E-state index in [9.17, 15) is 5.11 Å². The molecule has 0 spiro atoms. The first kappa shape index (κ1) is 15.3. The molecule has 20 heavy (non-hydrogen) atoms. The molecule has 4 nitrogen and oxygen atoms in total. The second-order valence-electron chi connectivity index (χ2n) is 5.68. The van der Waals surface area contributed by atoms with E-state index in [2.05, 4.69) is 29.7 Å². The van der Waals surface area contributed by atoms with Crippen LogP contribution in [-0.4, -0.2) is 59.8 Å². The van der Waals surface area contributed by atoms with Crippen molar-refractivity contribution in [1.82, 2.24) is 9.80 Å². The van der Waals surface area contributed by atoms with Crippen molar-refractivity contribution in [3.8, 4) is 0 Å². The number of aliphatic hydroxyl groups excluding tert-OH is 1. The molecule has 2 rings (SSSR count). The van der Waals surface area contributed by atoms with Gasteiger partial charge in [0.25, 0.3) is 0 Å². The molecular weight excluding hydrogens is 252 g/mol. The van der Waals surface area contributed by atoms with Gasteiger partial charge in [0.15, 0.2) is 0 Å². The molecule has 2 heterocycles. The van der Waals surface area contributed by atoms with Crippen LogP contribution in [0.2, 0.25) is 0 Å². The lowest BCUT2D eigenvalue weighted by molar-refractivity contribution is 0.0435. The zero-order valence-corrected chi connectivity index (χ0v) is 12.5. The Morgan fingerprint density at radius 3 is 2.95 bits per heavy atom. The molecule has 1 fully saturated rings. The first-order chi connectivity index (χ1) is 9.70. The summed E-state index contributed by atoms with van der Waals surface area (Å²) in [4.78, 5) is 4.95. The molecule has 1 unspecified atom stereocenters. The molecule has 0 aromatic carbocycles. The summed E-state index contributed by atoms with van der Waals surface area (Å²) in [5, 5.41) is 9.23. The van der Waals surface area contributed by atoms with Gasteiger partial charge in [-0.2, -0.15) is 0 Å². The molecular formula is C16H26N2O2. The quantitative estimate of drug-likeness (QED) is 0.865. The topological polar surface area (TPSA) is 39.9 Å². The van der Waals surface area contributed by atoms with Gasteiger partial charge in [0.05, 0.1) is 6.26 Å². The van der Waals surface area contributed by atoms with E-state index >= 15 is 0 Å². The molecule has 1 atom stereocenters. The highest BCUT2D eigenvalue weighted by Crippen LogP contribution is 2.16. The van der Waals surface area contributed by atoms with E-state index in [4.69, 9.17) is 4.42 Å². The fourth-order valence-corrected chi connectivity index (χ4v) is 2.89. The molecule has 112 valence electrons. The summed E-state index contributed by atoms with van der Waals surface area (Å²) in [6.07, 6.45) is 6.73. The van der Waals surface area contributed by atoms with Crippen LogP contribution in [0.5, 0.6) is 0 Å². The van der Waals surface area contributed by atoms with Crippen molar-refractivity contribution in [1.29, 1.82) is 0 Å². The Labute approximate surface area is 121 Å². The van der Waals surface area contributed by atoms with Gasteiger partial charge in [-0.3, -0.25) is 9.80 Å². The number of furan rings is 1. The average Bonchev–Trinajstić information content (AvgIpc) is 2.92. The summed E-state index contributed by atoms with van der Waals surface area (Å²) >= 11 is 0. The van der Waals surface area contributed by atoms with Crippen LogP contribution in [0.1, 0.15) is 26.0 Å². The van der Waals surface area contributed by atoms with Gasteiger partial charge in [-0.05, 0) is 38.5 Å². The van der Waals surface area contributed by atoms with Gasteiger partial charge in [-0.1, -0.05) is 6.08 Å². The lowest BCUT2D eigenvalue weighted by Crippen LogP contribution is -2.55. The molecule has 1 N–H and O–H groups in total. The summed E-state index contributed by atoms with van der Waals surface area (Å²) in [5.74, 6) is 0.901. The van der Waals surface area contributed by atoms with Crippen molar-refractivity contribution < 1.29 is 9.52 Å². The minimum absolute atomic E-state index is 0.268. The van der Waals surface area contributed by atoms with Gasteiger partial charge in [-0.15, -0.1) is 0 Å². The van der Waals surface area contributed by atoms with Crippen LogP contribution >= 0.6 is 0 Å². The highest BCUT2D eigenvalue weighted by atomic mass is 16.3. The minimum atomic E-state index is 0.268. The molecule has 0 radical (unpaired) electrons. The first-order valence-electron chi connectivity index (χ1n) is 7.49. The summed E-state index contributed by atoms with van der Waals surface area (Å²) in [6, 6.07) is 4.87. The van der Waals surface area contributed by atoms with Crippen molar-refractivity contribution in [3.63, 3.8) is 0 Å². The average molecular weight is 278 g/mol. The van der Waals surface area contributed by atoms with Gasteiger partial charge in [0, 0.05) is 44.9 Å². The predicted octanol–water partition coefficient (Wildman–Crippen LogP) is 2.07. The molecule has 1 aliphatic heterocycles. The monoisotopic (exact) mass is 278 g/mol. The maximum absolute atomic E-state index is 9.23. The molecule has 4 heteroatoms. The SMILES string of the molecule is CC(C)N1CCN(C/C=C/c2ccco2)CC1CCO.